The minimum Gasteiger partial charge on any atom is -0.462 e. The number of aliphatic hydroxyl groups is 1. The Balaban J connectivity index is 4.19. The first-order valence-electron chi connectivity index (χ1n) is 19.6. The van der Waals surface area contributed by atoms with Crippen LogP contribution in [0.3, 0.4) is 0 Å². The molecule has 10 heteroatoms. The van der Waals surface area contributed by atoms with Gasteiger partial charge in [-0.1, -0.05) is 124 Å². The molecule has 53 heavy (non-hydrogen) atoms. The van der Waals surface area contributed by atoms with Crippen molar-refractivity contribution < 1.29 is 43.0 Å². The summed E-state index contributed by atoms with van der Waals surface area (Å²) >= 11 is 0. The first-order chi connectivity index (χ1) is 25.7. The molecule has 300 valence electrons. The van der Waals surface area contributed by atoms with Gasteiger partial charge in [-0.25, -0.2) is 4.57 Å². The van der Waals surface area contributed by atoms with Crippen molar-refractivity contribution in [3.63, 3.8) is 0 Å². The minimum absolute atomic E-state index is 0.112. The molecule has 0 spiro atoms. The number of hydrogen-bond acceptors (Lipinski definition) is 7. The lowest BCUT2D eigenvalue weighted by Gasteiger charge is -2.18. The van der Waals surface area contributed by atoms with Crippen molar-refractivity contribution in [2.75, 3.05) is 13.2 Å². The van der Waals surface area contributed by atoms with E-state index in [-0.39, 0.29) is 25.6 Å². The highest BCUT2D eigenvalue weighted by Crippen LogP contribution is 2.35. The summed E-state index contributed by atoms with van der Waals surface area (Å²) < 4.78 is 26.2. The minimum atomic E-state index is -4.79. The molecule has 0 aliphatic rings. The zero-order valence-electron chi connectivity index (χ0n) is 32.5. The van der Waals surface area contributed by atoms with Crippen molar-refractivity contribution in [3.8, 4) is 0 Å². The molecule has 0 aromatic rings. The predicted octanol–water partition coefficient (Wildman–Crippen LogP) is 10.8. The van der Waals surface area contributed by atoms with Crippen molar-refractivity contribution in [1.82, 2.24) is 0 Å². The third-order valence-corrected chi connectivity index (χ3v) is 8.22. The van der Waals surface area contributed by atoms with Crippen LogP contribution in [0.25, 0.3) is 0 Å². The van der Waals surface area contributed by atoms with Crippen LogP contribution < -0.4 is 0 Å². The van der Waals surface area contributed by atoms with E-state index in [2.05, 4.69) is 84.4 Å². The van der Waals surface area contributed by atoms with Crippen LogP contribution in [-0.4, -0.2) is 52.3 Å². The van der Waals surface area contributed by atoms with E-state index in [1.165, 1.54) is 19.3 Å². The SMILES string of the molecule is CCCCC/C=C\C/C=C\C/C=C\C/C=C\CCCC(=O)O[C@H](COC(=O)CCC/C=C\C/C=C\C/C=C\C/C=C\CC[C@@H](O)CC)COP(=O)(O)O. The Labute approximate surface area is 320 Å². The molecule has 0 saturated carbocycles. The fraction of sp³-hybridized carbons (Fsp3) is 0.581. The van der Waals surface area contributed by atoms with Crippen LogP contribution in [0.2, 0.25) is 0 Å². The predicted molar refractivity (Wildman–Crippen MR) is 217 cm³/mol. The van der Waals surface area contributed by atoms with E-state index in [0.29, 0.717) is 25.7 Å². The Morgan fingerprint density at radius 2 is 0.981 bits per heavy atom. The number of esters is 2. The molecule has 0 aromatic carbocycles. The van der Waals surface area contributed by atoms with Gasteiger partial charge in [-0.15, -0.1) is 0 Å². The molecule has 0 saturated heterocycles. The first-order valence-corrected chi connectivity index (χ1v) is 21.1. The van der Waals surface area contributed by atoms with Gasteiger partial charge in [0.2, 0.25) is 0 Å². The number of rotatable bonds is 34. The second-order valence-electron chi connectivity index (χ2n) is 12.7. The molecule has 3 N–H and O–H groups in total. The van der Waals surface area contributed by atoms with Crippen molar-refractivity contribution in [2.45, 2.75) is 148 Å². The molecule has 0 fully saturated rings. The van der Waals surface area contributed by atoms with Gasteiger partial charge in [0.15, 0.2) is 6.10 Å². The van der Waals surface area contributed by atoms with Gasteiger partial charge in [-0.3, -0.25) is 14.1 Å². The van der Waals surface area contributed by atoms with Crippen LogP contribution in [0.1, 0.15) is 136 Å². The van der Waals surface area contributed by atoms with Gasteiger partial charge in [0.25, 0.3) is 0 Å². The van der Waals surface area contributed by atoms with Gasteiger partial charge in [-0.05, 0) is 96.3 Å². The molecule has 0 unspecified atom stereocenters. The summed E-state index contributed by atoms with van der Waals surface area (Å²) in [5.41, 5.74) is 0. The zero-order valence-corrected chi connectivity index (χ0v) is 33.4. The molecule has 0 aliphatic carbocycles. The average Bonchev–Trinajstić information content (AvgIpc) is 3.13. The van der Waals surface area contributed by atoms with Crippen LogP contribution in [0.5, 0.6) is 0 Å². The van der Waals surface area contributed by atoms with Gasteiger partial charge in [0.05, 0.1) is 12.7 Å². The molecular weight excluding hydrogens is 691 g/mol. The molecule has 0 aliphatic heterocycles. The summed E-state index contributed by atoms with van der Waals surface area (Å²) in [6.07, 6.45) is 47.9. The van der Waals surface area contributed by atoms with Crippen LogP contribution >= 0.6 is 7.82 Å². The Kier molecular flexibility index (Phi) is 35.1. The lowest BCUT2D eigenvalue weighted by molar-refractivity contribution is -0.161. The summed E-state index contributed by atoms with van der Waals surface area (Å²) in [5, 5.41) is 9.53. The van der Waals surface area contributed by atoms with E-state index in [0.717, 1.165) is 64.2 Å². The summed E-state index contributed by atoms with van der Waals surface area (Å²) in [6, 6.07) is 0. The highest BCUT2D eigenvalue weighted by molar-refractivity contribution is 7.46. The van der Waals surface area contributed by atoms with E-state index in [4.69, 9.17) is 19.3 Å². The van der Waals surface area contributed by atoms with Crippen molar-refractivity contribution in [1.29, 1.82) is 0 Å². The second-order valence-corrected chi connectivity index (χ2v) is 13.9. The molecule has 0 rings (SSSR count). The van der Waals surface area contributed by atoms with Gasteiger partial charge in [0, 0.05) is 12.8 Å². The van der Waals surface area contributed by atoms with Crippen LogP contribution in [0, 0.1) is 0 Å². The summed E-state index contributed by atoms with van der Waals surface area (Å²) in [5.74, 6) is -1.05. The maximum Gasteiger partial charge on any atom is 0.469 e. The molecular formula is C43H69O9P. The quantitative estimate of drug-likeness (QED) is 0.0253. The van der Waals surface area contributed by atoms with E-state index in [1.807, 2.05) is 31.2 Å². The number of allylic oxidation sites excluding steroid dienone is 16. The molecule has 0 radical (unpaired) electrons. The van der Waals surface area contributed by atoms with E-state index >= 15 is 0 Å². The number of aliphatic hydroxyl groups excluding tert-OH is 1. The smallest absolute Gasteiger partial charge is 0.462 e. The third-order valence-electron chi connectivity index (χ3n) is 7.74. The fourth-order valence-corrected chi connectivity index (χ4v) is 4.99. The van der Waals surface area contributed by atoms with Crippen LogP contribution in [0.15, 0.2) is 97.2 Å². The summed E-state index contributed by atoms with van der Waals surface area (Å²) in [7, 11) is -4.79. The maximum atomic E-state index is 12.4. The number of phosphoric acid groups is 1. The van der Waals surface area contributed by atoms with E-state index in [9.17, 15) is 19.3 Å². The van der Waals surface area contributed by atoms with Crippen LogP contribution in [0.4, 0.5) is 0 Å². The van der Waals surface area contributed by atoms with Gasteiger partial charge in [-0.2, -0.15) is 0 Å². The van der Waals surface area contributed by atoms with E-state index < -0.39 is 32.5 Å². The third kappa shape index (κ3) is 40.0. The number of carbonyl (C=O) groups excluding carboxylic acids is 2. The summed E-state index contributed by atoms with van der Waals surface area (Å²) in [6.45, 7) is 3.26. The Morgan fingerprint density at radius 1 is 0.566 bits per heavy atom. The topological polar surface area (TPSA) is 140 Å². The van der Waals surface area contributed by atoms with Crippen molar-refractivity contribution in [3.05, 3.63) is 97.2 Å². The molecule has 9 nitrogen and oxygen atoms in total. The van der Waals surface area contributed by atoms with E-state index in [1.54, 1.807) is 0 Å². The Morgan fingerprint density at radius 3 is 1.42 bits per heavy atom. The molecule has 0 heterocycles. The lowest BCUT2D eigenvalue weighted by atomic mass is 10.1. The number of unbranched alkanes of at least 4 members (excludes halogenated alkanes) is 5. The fourth-order valence-electron chi connectivity index (χ4n) is 4.63. The molecule has 0 amide bonds. The monoisotopic (exact) mass is 760 g/mol. The highest BCUT2D eigenvalue weighted by Gasteiger charge is 2.22. The van der Waals surface area contributed by atoms with Crippen molar-refractivity contribution in [2.24, 2.45) is 0 Å². The number of ether oxygens (including phenoxy) is 2. The zero-order chi connectivity index (χ0) is 39.1. The highest BCUT2D eigenvalue weighted by atomic mass is 31.2. The van der Waals surface area contributed by atoms with Gasteiger partial charge >= 0.3 is 19.8 Å². The van der Waals surface area contributed by atoms with Crippen LogP contribution in [-0.2, 0) is 28.2 Å². The van der Waals surface area contributed by atoms with Gasteiger partial charge < -0.3 is 24.4 Å². The summed E-state index contributed by atoms with van der Waals surface area (Å²) in [4.78, 5) is 42.7. The first kappa shape index (κ1) is 49.9. The molecule has 0 aromatic heterocycles. The maximum absolute atomic E-state index is 12.4. The second kappa shape index (κ2) is 37.3. The standard InChI is InChI=1S/C43H69O9P/c1-3-5-6-7-8-9-10-11-12-13-14-19-22-25-28-31-34-37-43(46)52-41(39-51-53(47,48)49)38-50-42(45)36-33-30-27-24-21-18-16-15-17-20-23-26-29-32-35-40(44)4-2/h8-9,11-12,14,16-20,24-29,40-41,44H,3-7,10,13,15,21-23,30-39H2,1-2H3,(H2,47,48,49)/b9-8-,12-11-,18-16-,19-14-,20-17-,27-24-,28-25-,29-26-/t40-,41+/m0/s1. The Hall–Kier alpha value is -3.07. The number of carbonyl (C=O) groups is 2. The normalized spacial score (nSPS) is 14.1. The van der Waals surface area contributed by atoms with Gasteiger partial charge in [0.1, 0.15) is 6.61 Å². The molecule has 0 bridgehead atoms. The van der Waals surface area contributed by atoms with Crippen molar-refractivity contribution >= 4 is 19.8 Å². The lowest BCUT2D eigenvalue weighted by Crippen LogP contribution is -2.29. The molecule has 2 atom stereocenters. The largest absolute Gasteiger partial charge is 0.469 e. The number of phosphoric ester groups is 1. The number of hydrogen-bond donors (Lipinski definition) is 3. The average molecular weight is 761 g/mol. The Bertz CT molecular complexity index is 1190.